The van der Waals surface area contributed by atoms with E-state index in [-0.39, 0.29) is 11.4 Å². The van der Waals surface area contributed by atoms with Gasteiger partial charge in [0.1, 0.15) is 4.60 Å². The minimum atomic E-state index is -0.870. The first kappa shape index (κ1) is 18.3. The summed E-state index contributed by atoms with van der Waals surface area (Å²) in [6.45, 7) is 2.66. The highest BCUT2D eigenvalue weighted by atomic mass is 79.9. The number of halogens is 3. The first-order valence-electron chi connectivity index (χ1n) is 7.49. The Hall–Kier alpha value is -1.51. The van der Waals surface area contributed by atoms with Gasteiger partial charge in [0.25, 0.3) is 0 Å². The minimum Gasteiger partial charge on any atom is -0.481 e. The van der Waals surface area contributed by atoms with Crippen LogP contribution in [0.3, 0.4) is 0 Å². The van der Waals surface area contributed by atoms with E-state index in [0.29, 0.717) is 33.5 Å². The van der Waals surface area contributed by atoms with E-state index in [4.69, 9.17) is 16.7 Å². The third kappa shape index (κ3) is 3.43. The van der Waals surface area contributed by atoms with Crippen LogP contribution in [0.25, 0.3) is 16.6 Å². The van der Waals surface area contributed by atoms with Gasteiger partial charge in [0, 0.05) is 28.8 Å². The van der Waals surface area contributed by atoms with Gasteiger partial charge in [-0.2, -0.15) is 5.10 Å². The molecular weight excluding hydrogens is 433 g/mol. The Morgan fingerprint density at radius 3 is 2.88 bits per heavy atom. The summed E-state index contributed by atoms with van der Waals surface area (Å²) in [4.78, 5) is 11.6. The average molecular weight is 447 g/mol. The van der Waals surface area contributed by atoms with Gasteiger partial charge in [0.05, 0.1) is 28.8 Å². The second-order valence-corrected chi connectivity index (χ2v) is 7.52. The number of rotatable bonds is 6. The van der Waals surface area contributed by atoms with Crippen LogP contribution in [0.15, 0.2) is 34.0 Å². The second kappa shape index (κ2) is 7.39. The summed E-state index contributed by atoms with van der Waals surface area (Å²) in [6.07, 6.45) is 3.49. The molecule has 0 unspecified atom stereocenters. The summed E-state index contributed by atoms with van der Waals surface area (Å²) < 4.78 is 18.9. The lowest BCUT2D eigenvalue weighted by atomic mass is 10.2. The van der Waals surface area contributed by atoms with Gasteiger partial charge in [-0.3, -0.25) is 14.0 Å². The quantitative estimate of drug-likeness (QED) is 0.543. The highest BCUT2D eigenvalue weighted by Crippen LogP contribution is 2.42. The molecule has 0 aliphatic rings. The Labute approximate surface area is 160 Å². The number of hydrogen-bond donors (Lipinski definition) is 1. The molecule has 0 atom stereocenters. The summed E-state index contributed by atoms with van der Waals surface area (Å²) in [6, 6.07) is 3.25. The van der Waals surface area contributed by atoms with Crippen LogP contribution in [0.5, 0.6) is 0 Å². The predicted molar refractivity (Wildman–Crippen MR) is 100 cm³/mol. The first-order chi connectivity index (χ1) is 11.9. The van der Waals surface area contributed by atoms with Crippen molar-refractivity contribution in [3.8, 4) is 5.69 Å². The molecule has 2 aromatic heterocycles. The lowest BCUT2D eigenvalue weighted by Crippen LogP contribution is -1.97. The number of hydrogen-bond acceptors (Lipinski definition) is 3. The monoisotopic (exact) mass is 445 g/mol. The Morgan fingerprint density at radius 1 is 1.48 bits per heavy atom. The molecule has 3 aromatic rings. The third-order valence-electron chi connectivity index (χ3n) is 3.69. The highest BCUT2D eigenvalue weighted by Gasteiger charge is 2.22. The summed E-state index contributed by atoms with van der Waals surface area (Å²) in [5.41, 5.74) is 1.04. The minimum absolute atomic E-state index is 0.0214. The van der Waals surface area contributed by atoms with Crippen molar-refractivity contribution in [3.63, 3.8) is 0 Å². The number of carbonyl (C=O) groups is 1. The maximum atomic E-state index is 14.8. The average Bonchev–Trinajstić information content (AvgIpc) is 3.14. The molecule has 0 aliphatic carbocycles. The molecule has 9 heteroatoms. The number of benzene rings is 1. The molecule has 1 aromatic carbocycles. The molecule has 132 valence electrons. The van der Waals surface area contributed by atoms with Crippen LogP contribution >= 0.6 is 39.3 Å². The fraction of sp³-hybridized carbons (Fsp3) is 0.250. The smallest absolute Gasteiger partial charge is 0.304 e. The topological polar surface area (TPSA) is 60.0 Å². The van der Waals surface area contributed by atoms with Gasteiger partial charge in [0.2, 0.25) is 0 Å². The maximum absolute atomic E-state index is 14.8. The van der Waals surface area contributed by atoms with E-state index < -0.39 is 11.8 Å². The van der Waals surface area contributed by atoms with Crippen molar-refractivity contribution in [2.75, 3.05) is 5.75 Å². The number of carboxylic acids is 1. The van der Waals surface area contributed by atoms with Crippen molar-refractivity contribution in [2.24, 2.45) is 0 Å². The Kier molecular flexibility index (Phi) is 5.41. The molecule has 25 heavy (non-hydrogen) atoms. The van der Waals surface area contributed by atoms with E-state index in [9.17, 15) is 9.18 Å². The normalized spacial score (nSPS) is 11.4. The van der Waals surface area contributed by atoms with Gasteiger partial charge in [-0.05, 0) is 35.0 Å². The molecule has 3 rings (SSSR count). The standard InChI is InChI=1S/C16H14BrClFN3O2S/c1-2-21-8-9(7-20-21)22-14-10(3-4-11(18)13(14)19)15(16(22)17)25-6-5-12(23)24/h3-4,7-8H,2,5-6H2,1H3,(H,23,24). The van der Waals surface area contributed by atoms with E-state index in [1.807, 2.05) is 13.1 Å². The molecule has 0 radical (unpaired) electrons. The molecule has 0 spiro atoms. The molecule has 0 bridgehead atoms. The van der Waals surface area contributed by atoms with Crippen LogP contribution in [-0.4, -0.2) is 31.2 Å². The molecule has 0 amide bonds. The van der Waals surface area contributed by atoms with Gasteiger partial charge in [-0.25, -0.2) is 4.39 Å². The fourth-order valence-corrected chi connectivity index (χ4v) is 4.62. The number of aromatic nitrogens is 3. The van der Waals surface area contributed by atoms with E-state index in [2.05, 4.69) is 21.0 Å². The first-order valence-corrected chi connectivity index (χ1v) is 9.65. The molecule has 0 aliphatic heterocycles. The van der Waals surface area contributed by atoms with Gasteiger partial charge in [-0.1, -0.05) is 11.6 Å². The van der Waals surface area contributed by atoms with Crippen molar-refractivity contribution in [2.45, 2.75) is 24.8 Å². The van der Waals surface area contributed by atoms with Crippen LogP contribution in [0.2, 0.25) is 5.02 Å². The second-order valence-electron chi connectivity index (χ2n) is 5.26. The van der Waals surface area contributed by atoms with Crippen molar-refractivity contribution in [1.82, 2.24) is 14.3 Å². The number of thioether (sulfide) groups is 1. The van der Waals surface area contributed by atoms with Gasteiger partial charge < -0.3 is 5.11 Å². The van der Waals surface area contributed by atoms with Crippen LogP contribution in [0, 0.1) is 5.82 Å². The molecule has 1 N–H and O–H groups in total. The van der Waals surface area contributed by atoms with Gasteiger partial charge in [0.15, 0.2) is 5.82 Å². The zero-order chi connectivity index (χ0) is 18.1. The lowest BCUT2D eigenvalue weighted by Gasteiger charge is -2.05. The number of nitrogens with zero attached hydrogens (tertiary/aromatic N) is 3. The largest absolute Gasteiger partial charge is 0.481 e. The van der Waals surface area contributed by atoms with Crippen LogP contribution in [0.4, 0.5) is 4.39 Å². The number of carboxylic acid groups (broad SMARTS) is 1. The van der Waals surface area contributed by atoms with E-state index in [0.717, 1.165) is 4.90 Å². The summed E-state index contributed by atoms with van der Waals surface area (Å²) in [5.74, 6) is -1.01. The fourth-order valence-electron chi connectivity index (χ4n) is 2.51. The zero-order valence-electron chi connectivity index (χ0n) is 13.2. The SMILES string of the molecule is CCn1cc(-n2c(Br)c(SCCC(=O)O)c3ccc(Cl)c(F)c32)cn1. The van der Waals surface area contributed by atoms with E-state index in [1.165, 1.54) is 17.8 Å². The highest BCUT2D eigenvalue weighted by molar-refractivity contribution is 9.10. The van der Waals surface area contributed by atoms with Crippen LogP contribution in [-0.2, 0) is 11.3 Å². The maximum Gasteiger partial charge on any atom is 0.304 e. The zero-order valence-corrected chi connectivity index (χ0v) is 16.3. The summed E-state index contributed by atoms with van der Waals surface area (Å²) >= 11 is 10.9. The van der Waals surface area contributed by atoms with E-state index in [1.54, 1.807) is 21.5 Å². The van der Waals surface area contributed by atoms with Crippen molar-refractivity contribution < 1.29 is 14.3 Å². The third-order valence-corrected chi connectivity index (χ3v) is 6.10. The van der Waals surface area contributed by atoms with Crippen molar-refractivity contribution in [1.29, 1.82) is 0 Å². The predicted octanol–water partition coefficient (Wildman–Crippen LogP) is 4.97. The molecule has 0 fully saturated rings. The molecule has 0 saturated heterocycles. The van der Waals surface area contributed by atoms with E-state index >= 15 is 0 Å². The van der Waals surface area contributed by atoms with Crippen molar-refractivity contribution >= 4 is 56.2 Å². The number of aryl methyl sites for hydroxylation is 1. The number of fused-ring (bicyclic) bond motifs is 1. The molecule has 2 heterocycles. The van der Waals surface area contributed by atoms with Gasteiger partial charge >= 0.3 is 5.97 Å². The lowest BCUT2D eigenvalue weighted by molar-refractivity contribution is -0.136. The van der Waals surface area contributed by atoms with Crippen LogP contribution in [0.1, 0.15) is 13.3 Å². The summed E-state index contributed by atoms with van der Waals surface area (Å²) in [5, 5.41) is 13.8. The van der Waals surface area contributed by atoms with Gasteiger partial charge in [-0.15, -0.1) is 11.8 Å². The Morgan fingerprint density at radius 2 is 2.24 bits per heavy atom. The molecule has 0 saturated carbocycles. The molecule has 5 nitrogen and oxygen atoms in total. The Balaban J connectivity index is 2.19. The Bertz CT molecular complexity index is 957. The number of aliphatic carboxylic acids is 1. The summed E-state index contributed by atoms with van der Waals surface area (Å²) in [7, 11) is 0. The van der Waals surface area contributed by atoms with Crippen LogP contribution < -0.4 is 0 Å². The van der Waals surface area contributed by atoms with Crippen molar-refractivity contribution in [3.05, 3.63) is 40.0 Å². The molecular formula is C16H14BrClFN3O2S.